The summed E-state index contributed by atoms with van der Waals surface area (Å²) in [5.41, 5.74) is 1.54. The Balaban J connectivity index is 2.03. The molecule has 0 aliphatic carbocycles. The van der Waals surface area contributed by atoms with Gasteiger partial charge in [-0.2, -0.15) is 0 Å². The molecule has 0 aromatic heterocycles. The van der Waals surface area contributed by atoms with Crippen LogP contribution in [0.2, 0.25) is 5.02 Å². The Kier molecular flexibility index (Phi) is 4.69. The number of rotatable bonds is 5. The van der Waals surface area contributed by atoms with Gasteiger partial charge in [-0.25, -0.2) is 4.39 Å². The van der Waals surface area contributed by atoms with Crippen molar-refractivity contribution in [2.24, 2.45) is 0 Å². The monoisotopic (exact) mass is 295 g/mol. The number of benzene rings is 2. The van der Waals surface area contributed by atoms with Crippen LogP contribution in [0.5, 0.6) is 11.5 Å². The molecule has 20 heavy (non-hydrogen) atoms. The third-order valence-electron chi connectivity index (χ3n) is 2.74. The van der Waals surface area contributed by atoms with E-state index in [1.54, 1.807) is 31.2 Å². The fraction of sp³-hybridized carbons (Fsp3) is 0.200. The van der Waals surface area contributed by atoms with Crippen molar-refractivity contribution in [1.29, 1.82) is 0 Å². The first kappa shape index (κ1) is 14.5. The van der Waals surface area contributed by atoms with Crippen LogP contribution < -0.4 is 10.1 Å². The van der Waals surface area contributed by atoms with Crippen LogP contribution in [-0.2, 0) is 6.54 Å². The van der Waals surface area contributed by atoms with Crippen LogP contribution in [0.3, 0.4) is 0 Å². The van der Waals surface area contributed by atoms with Crippen LogP contribution in [0, 0.1) is 5.82 Å². The maximum absolute atomic E-state index is 13.7. The second kappa shape index (κ2) is 6.48. The second-order valence-corrected chi connectivity index (χ2v) is 4.62. The lowest BCUT2D eigenvalue weighted by Crippen LogP contribution is -2.01. The van der Waals surface area contributed by atoms with Crippen molar-refractivity contribution in [3.63, 3.8) is 0 Å². The Hall–Kier alpha value is -1.94. The largest absolute Gasteiger partial charge is 0.506 e. The molecule has 0 unspecified atom stereocenters. The normalized spacial score (nSPS) is 10.3. The number of nitrogens with one attached hydrogen (secondary N) is 1. The third-order valence-corrected chi connectivity index (χ3v) is 3.04. The number of hydrogen-bond donors (Lipinski definition) is 2. The highest BCUT2D eigenvalue weighted by Crippen LogP contribution is 2.25. The van der Waals surface area contributed by atoms with Gasteiger partial charge in [0.15, 0.2) is 11.6 Å². The molecule has 2 aromatic carbocycles. The van der Waals surface area contributed by atoms with E-state index < -0.39 is 5.82 Å². The molecular formula is C15H15ClFNO2. The standard InChI is InChI=1S/C15H15ClFNO2/c1-2-20-15-6-4-11(8-13(15)17)18-9-10-3-5-14(19)12(16)7-10/h3-8,18-19H,2,9H2,1H3. The zero-order chi connectivity index (χ0) is 14.5. The number of anilines is 1. The molecule has 2 rings (SSSR count). The second-order valence-electron chi connectivity index (χ2n) is 4.22. The molecule has 2 aromatic rings. The SMILES string of the molecule is CCOc1ccc(NCc2ccc(O)c(Cl)c2)cc1F. The van der Waals surface area contributed by atoms with Gasteiger partial charge in [-0.3, -0.25) is 0 Å². The van der Waals surface area contributed by atoms with Gasteiger partial charge in [-0.15, -0.1) is 0 Å². The van der Waals surface area contributed by atoms with Gasteiger partial charge < -0.3 is 15.2 Å². The molecular weight excluding hydrogens is 281 g/mol. The van der Waals surface area contributed by atoms with Gasteiger partial charge in [0.05, 0.1) is 11.6 Å². The molecule has 2 N–H and O–H groups in total. The fourth-order valence-electron chi connectivity index (χ4n) is 1.75. The molecule has 0 bridgehead atoms. The van der Waals surface area contributed by atoms with Crippen molar-refractivity contribution in [3.8, 4) is 11.5 Å². The van der Waals surface area contributed by atoms with E-state index >= 15 is 0 Å². The van der Waals surface area contributed by atoms with E-state index in [1.165, 1.54) is 12.1 Å². The minimum Gasteiger partial charge on any atom is -0.506 e. The molecule has 0 fully saturated rings. The van der Waals surface area contributed by atoms with Gasteiger partial charge in [-0.05, 0) is 36.8 Å². The lowest BCUT2D eigenvalue weighted by molar-refractivity contribution is 0.321. The number of phenolic OH excluding ortho intramolecular Hbond substituents is 1. The molecule has 0 saturated carbocycles. The first-order valence-corrected chi connectivity index (χ1v) is 6.61. The highest BCUT2D eigenvalue weighted by Gasteiger charge is 2.05. The first-order chi connectivity index (χ1) is 9.60. The summed E-state index contributed by atoms with van der Waals surface area (Å²) in [6.45, 7) is 2.71. The Morgan fingerprint density at radius 3 is 2.70 bits per heavy atom. The zero-order valence-corrected chi connectivity index (χ0v) is 11.7. The fourth-order valence-corrected chi connectivity index (χ4v) is 1.95. The van der Waals surface area contributed by atoms with Crippen molar-refractivity contribution < 1.29 is 14.2 Å². The van der Waals surface area contributed by atoms with Gasteiger partial charge in [0, 0.05) is 18.3 Å². The highest BCUT2D eigenvalue weighted by molar-refractivity contribution is 6.32. The van der Waals surface area contributed by atoms with E-state index in [0.717, 1.165) is 5.56 Å². The number of ether oxygens (including phenoxy) is 1. The number of halogens is 2. The molecule has 3 nitrogen and oxygen atoms in total. The number of aromatic hydroxyl groups is 1. The smallest absolute Gasteiger partial charge is 0.167 e. The van der Waals surface area contributed by atoms with Crippen LogP contribution in [-0.4, -0.2) is 11.7 Å². The van der Waals surface area contributed by atoms with E-state index in [4.69, 9.17) is 16.3 Å². The maximum Gasteiger partial charge on any atom is 0.167 e. The van der Waals surface area contributed by atoms with Gasteiger partial charge in [0.25, 0.3) is 0 Å². The minimum absolute atomic E-state index is 0.0440. The van der Waals surface area contributed by atoms with E-state index in [2.05, 4.69) is 5.32 Å². The molecule has 0 atom stereocenters. The predicted molar refractivity (Wildman–Crippen MR) is 78.0 cm³/mol. The lowest BCUT2D eigenvalue weighted by atomic mass is 10.2. The van der Waals surface area contributed by atoms with Crippen molar-refractivity contribution >= 4 is 17.3 Å². The Morgan fingerprint density at radius 1 is 1.25 bits per heavy atom. The highest BCUT2D eigenvalue weighted by atomic mass is 35.5. The molecule has 0 heterocycles. The van der Waals surface area contributed by atoms with E-state index in [9.17, 15) is 9.50 Å². The van der Waals surface area contributed by atoms with E-state index in [0.29, 0.717) is 23.9 Å². The molecule has 0 spiro atoms. The van der Waals surface area contributed by atoms with Gasteiger partial charge in [0.2, 0.25) is 0 Å². The quantitative estimate of drug-likeness (QED) is 0.869. The third kappa shape index (κ3) is 3.54. The minimum atomic E-state index is -0.402. The summed E-state index contributed by atoms with van der Waals surface area (Å²) in [5.74, 6) is -0.117. The van der Waals surface area contributed by atoms with E-state index in [1.807, 2.05) is 0 Å². The van der Waals surface area contributed by atoms with Crippen molar-refractivity contribution in [1.82, 2.24) is 0 Å². The molecule has 0 saturated heterocycles. The maximum atomic E-state index is 13.7. The average molecular weight is 296 g/mol. The van der Waals surface area contributed by atoms with Crippen LogP contribution in [0.25, 0.3) is 0 Å². The van der Waals surface area contributed by atoms with Crippen LogP contribution in [0.15, 0.2) is 36.4 Å². The van der Waals surface area contributed by atoms with Gasteiger partial charge >= 0.3 is 0 Å². The summed E-state index contributed by atoms with van der Waals surface area (Å²) in [5, 5.41) is 12.7. The molecule has 106 valence electrons. The molecule has 0 aliphatic heterocycles. The predicted octanol–water partition coefficient (Wildman–Crippen LogP) is 4.20. The topological polar surface area (TPSA) is 41.5 Å². The van der Waals surface area contributed by atoms with Crippen molar-refractivity contribution in [3.05, 3.63) is 52.8 Å². The Labute approximate surface area is 122 Å². The summed E-state index contributed by atoms with van der Waals surface area (Å²) in [6, 6.07) is 9.65. The van der Waals surface area contributed by atoms with Crippen LogP contribution >= 0.6 is 11.6 Å². The Bertz CT molecular complexity index is 604. The molecule has 0 aliphatic rings. The summed E-state index contributed by atoms with van der Waals surface area (Å²) in [6.07, 6.45) is 0. The summed E-state index contributed by atoms with van der Waals surface area (Å²) in [4.78, 5) is 0. The van der Waals surface area contributed by atoms with Crippen molar-refractivity contribution in [2.75, 3.05) is 11.9 Å². The lowest BCUT2D eigenvalue weighted by Gasteiger charge is -2.10. The summed E-state index contributed by atoms with van der Waals surface area (Å²) in [7, 11) is 0. The molecule has 0 radical (unpaired) electrons. The van der Waals surface area contributed by atoms with Crippen LogP contribution in [0.4, 0.5) is 10.1 Å². The van der Waals surface area contributed by atoms with Crippen molar-refractivity contribution in [2.45, 2.75) is 13.5 Å². The first-order valence-electron chi connectivity index (χ1n) is 6.23. The molecule has 0 amide bonds. The zero-order valence-electron chi connectivity index (χ0n) is 11.0. The summed E-state index contributed by atoms with van der Waals surface area (Å²) >= 11 is 5.82. The number of phenols is 1. The van der Waals surface area contributed by atoms with Gasteiger partial charge in [0.1, 0.15) is 5.75 Å². The van der Waals surface area contributed by atoms with Crippen LogP contribution in [0.1, 0.15) is 12.5 Å². The Morgan fingerprint density at radius 2 is 2.05 bits per heavy atom. The van der Waals surface area contributed by atoms with Gasteiger partial charge in [-0.1, -0.05) is 17.7 Å². The number of hydrogen-bond acceptors (Lipinski definition) is 3. The molecule has 5 heteroatoms. The summed E-state index contributed by atoms with van der Waals surface area (Å²) < 4.78 is 18.8. The van der Waals surface area contributed by atoms with E-state index in [-0.39, 0.29) is 11.5 Å². The average Bonchev–Trinajstić information content (AvgIpc) is 2.43.